The summed E-state index contributed by atoms with van der Waals surface area (Å²) in [5.74, 6) is 0. The number of nitrogens with one attached hydrogen (secondary N) is 1. The molecule has 7 heteroatoms. The Bertz CT molecular complexity index is 534. The third kappa shape index (κ3) is 2.77. The molecule has 5 nitrogen and oxygen atoms in total. The summed E-state index contributed by atoms with van der Waals surface area (Å²) in [6, 6.07) is 4.83. The normalized spacial score (nSPS) is 17.8. The number of carboxylic acid groups (broad SMARTS) is 1. The third-order valence-corrected chi connectivity index (χ3v) is 3.72. The lowest BCUT2D eigenvalue weighted by atomic mass is 10.0. The molecule has 0 spiro atoms. The Balaban J connectivity index is 2.32. The molecule has 1 atom stereocenters. The van der Waals surface area contributed by atoms with Crippen LogP contribution in [-0.2, 0) is 0 Å². The zero-order valence-electron chi connectivity index (χ0n) is 10.2. The third-order valence-electron chi connectivity index (χ3n) is 2.98. The van der Waals surface area contributed by atoms with Crippen LogP contribution in [0.2, 0.25) is 10.0 Å². The Morgan fingerprint density at radius 1 is 1.53 bits per heavy atom. The van der Waals surface area contributed by atoms with Crippen LogP contribution in [0.25, 0.3) is 0 Å². The highest BCUT2D eigenvalue weighted by molar-refractivity contribution is 6.42. The molecule has 1 amide bonds. The van der Waals surface area contributed by atoms with Gasteiger partial charge in [0.1, 0.15) is 0 Å². The van der Waals surface area contributed by atoms with E-state index in [-0.39, 0.29) is 6.04 Å². The quantitative estimate of drug-likeness (QED) is 0.902. The molecule has 2 rings (SSSR count). The summed E-state index contributed by atoms with van der Waals surface area (Å²) in [7, 11) is 0. The standard InChI is InChI=1S/C12H13Cl2N3O2/c1-2-17(12(18)19)10-6-15-16-11(10)7-3-4-8(13)9(14)5-7/h3-5,10,15H,2,6H2,1H3,(H,18,19). The molecule has 19 heavy (non-hydrogen) atoms. The van der Waals surface area contributed by atoms with E-state index in [9.17, 15) is 9.90 Å². The van der Waals surface area contributed by atoms with E-state index in [1.54, 1.807) is 25.1 Å². The lowest BCUT2D eigenvalue weighted by Crippen LogP contribution is -2.45. The van der Waals surface area contributed by atoms with Gasteiger partial charge in [0, 0.05) is 12.1 Å². The Hall–Kier alpha value is -1.46. The fourth-order valence-electron chi connectivity index (χ4n) is 2.05. The smallest absolute Gasteiger partial charge is 0.407 e. The van der Waals surface area contributed by atoms with E-state index in [2.05, 4.69) is 10.5 Å². The van der Waals surface area contributed by atoms with Crippen LogP contribution in [0.15, 0.2) is 23.3 Å². The van der Waals surface area contributed by atoms with Crippen molar-refractivity contribution in [2.75, 3.05) is 13.1 Å². The molecule has 2 N–H and O–H groups in total. The molecule has 0 radical (unpaired) electrons. The molecule has 1 aromatic rings. The molecule has 1 aromatic carbocycles. The van der Waals surface area contributed by atoms with Gasteiger partial charge in [0.2, 0.25) is 0 Å². The molecule has 1 aliphatic heterocycles. The molecule has 0 bridgehead atoms. The Kier molecular flexibility index (Phi) is 4.17. The highest BCUT2D eigenvalue weighted by atomic mass is 35.5. The number of halogens is 2. The van der Waals surface area contributed by atoms with E-state index in [4.69, 9.17) is 23.2 Å². The van der Waals surface area contributed by atoms with Gasteiger partial charge in [0.15, 0.2) is 0 Å². The van der Waals surface area contributed by atoms with Crippen LogP contribution in [0.4, 0.5) is 4.79 Å². The Morgan fingerprint density at radius 2 is 2.26 bits per heavy atom. The zero-order chi connectivity index (χ0) is 14.0. The summed E-state index contributed by atoms with van der Waals surface area (Å²) >= 11 is 11.9. The SMILES string of the molecule is CCN(C(=O)O)C1CNN=C1c1ccc(Cl)c(Cl)c1. The van der Waals surface area contributed by atoms with E-state index in [0.717, 1.165) is 5.56 Å². The van der Waals surface area contributed by atoms with Crippen molar-refractivity contribution in [3.8, 4) is 0 Å². The number of benzene rings is 1. The molecule has 102 valence electrons. The zero-order valence-corrected chi connectivity index (χ0v) is 11.7. The number of rotatable bonds is 3. The maximum absolute atomic E-state index is 11.2. The first-order valence-corrected chi connectivity index (χ1v) is 6.55. The molecule has 0 aromatic heterocycles. The molecule has 0 aliphatic carbocycles. The van der Waals surface area contributed by atoms with Gasteiger partial charge >= 0.3 is 6.09 Å². The topological polar surface area (TPSA) is 64.9 Å². The Morgan fingerprint density at radius 3 is 2.84 bits per heavy atom. The monoisotopic (exact) mass is 301 g/mol. The summed E-state index contributed by atoms with van der Waals surface area (Å²) in [4.78, 5) is 12.5. The predicted octanol–water partition coefficient (Wildman–Crippen LogP) is 2.67. The van der Waals surface area contributed by atoms with Crippen LogP contribution in [0, 0.1) is 0 Å². The average Bonchev–Trinajstić information content (AvgIpc) is 2.82. The van der Waals surface area contributed by atoms with Gasteiger partial charge in [-0.25, -0.2) is 4.79 Å². The minimum atomic E-state index is -0.969. The van der Waals surface area contributed by atoms with Crippen LogP contribution in [0.5, 0.6) is 0 Å². The van der Waals surface area contributed by atoms with Gasteiger partial charge in [-0.2, -0.15) is 5.10 Å². The van der Waals surface area contributed by atoms with Crippen LogP contribution >= 0.6 is 23.2 Å². The van der Waals surface area contributed by atoms with E-state index in [0.29, 0.717) is 28.8 Å². The van der Waals surface area contributed by atoms with Crippen molar-refractivity contribution in [3.05, 3.63) is 33.8 Å². The van der Waals surface area contributed by atoms with Gasteiger partial charge in [-0.1, -0.05) is 29.3 Å². The van der Waals surface area contributed by atoms with Gasteiger partial charge in [-0.05, 0) is 19.1 Å². The van der Waals surface area contributed by atoms with Crippen molar-refractivity contribution >= 4 is 35.0 Å². The Labute approximate surface area is 120 Å². The van der Waals surface area contributed by atoms with Gasteiger partial charge in [-0.3, -0.25) is 4.90 Å². The van der Waals surface area contributed by atoms with Crippen molar-refractivity contribution < 1.29 is 9.90 Å². The van der Waals surface area contributed by atoms with Crippen LogP contribution in [0.3, 0.4) is 0 Å². The largest absolute Gasteiger partial charge is 0.465 e. The summed E-state index contributed by atoms with van der Waals surface area (Å²) in [6.45, 7) is 2.64. The first-order valence-electron chi connectivity index (χ1n) is 5.80. The molecular formula is C12H13Cl2N3O2. The summed E-state index contributed by atoms with van der Waals surface area (Å²) in [6.07, 6.45) is -0.969. The lowest BCUT2D eigenvalue weighted by molar-refractivity contribution is 0.141. The molecule has 1 heterocycles. The maximum atomic E-state index is 11.2. The van der Waals surface area contributed by atoms with E-state index >= 15 is 0 Å². The fraction of sp³-hybridized carbons (Fsp3) is 0.333. The second kappa shape index (κ2) is 5.67. The molecular weight excluding hydrogens is 289 g/mol. The summed E-state index contributed by atoms with van der Waals surface area (Å²) in [5.41, 5.74) is 4.25. The predicted molar refractivity (Wildman–Crippen MR) is 75.2 cm³/mol. The number of carbonyl (C=O) groups is 1. The highest BCUT2D eigenvalue weighted by Crippen LogP contribution is 2.24. The number of hydrogen-bond acceptors (Lipinski definition) is 3. The van der Waals surface area contributed by atoms with Gasteiger partial charge in [0.25, 0.3) is 0 Å². The van der Waals surface area contributed by atoms with Crippen molar-refractivity contribution in [2.45, 2.75) is 13.0 Å². The maximum Gasteiger partial charge on any atom is 0.407 e. The molecule has 0 saturated carbocycles. The second-order valence-corrected chi connectivity index (χ2v) is 4.89. The number of nitrogens with zero attached hydrogens (tertiary/aromatic N) is 2. The highest BCUT2D eigenvalue weighted by Gasteiger charge is 2.31. The molecule has 1 unspecified atom stereocenters. The molecule has 0 fully saturated rings. The summed E-state index contributed by atoms with van der Waals surface area (Å²) < 4.78 is 0. The van der Waals surface area contributed by atoms with Gasteiger partial charge in [-0.15, -0.1) is 0 Å². The average molecular weight is 302 g/mol. The van der Waals surface area contributed by atoms with Crippen molar-refractivity contribution in [1.82, 2.24) is 10.3 Å². The van der Waals surface area contributed by atoms with E-state index in [1.165, 1.54) is 4.90 Å². The summed E-state index contributed by atoms with van der Waals surface area (Å²) in [5, 5.41) is 14.2. The van der Waals surface area contributed by atoms with Crippen LogP contribution in [0.1, 0.15) is 12.5 Å². The number of amides is 1. The minimum Gasteiger partial charge on any atom is -0.465 e. The van der Waals surface area contributed by atoms with Crippen LogP contribution in [-0.4, -0.2) is 40.9 Å². The number of likely N-dealkylation sites (N-methyl/N-ethyl adjacent to an activating group) is 1. The van der Waals surface area contributed by atoms with Gasteiger partial charge in [0.05, 0.1) is 28.3 Å². The van der Waals surface area contributed by atoms with Crippen molar-refractivity contribution in [2.24, 2.45) is 5.10 Å². The van der Waals surface area contributed by atoms with E-state index in [1.807, 2.05) is 0 Å². The van der Waals surface area contributed by atoms with E-state index < -0.39 is 6.09 Å². The lowest BCUT2D eigenvalue weighted by Gasteiger charge is -2.25. The number of hydrogen-bond donors (Lipinski definition) is 2. The van der Waals surface area contributed by atoms with Gasteiger partial charge < -0.3 is 10.5 Å². The first-order chi connectivity index (χ1) is 9.04. The number of hydrazone groups is 1. The minimum absolute atomic E-state index is 0.320. The second-order valence-electron chi connectivity index (χ2n) is 4.07. The van der Waals surface area contributed by atoms with Crippen LogP contribution < -0.4 is 5.43 Å². The van der Waals surface area contributed by atoms with Crippen molar-refractivity contribution in [1.29, 1.82) is 0 Å². The molecule has 0 saturated heterocycles. The van der Waals surface area contributed by atoms with Crippen molar-refractivity contribution in [3.63, 3.8) is 0 Å². The first kappa shape index (κ1) is 14.0. The fourth-order valence-corrected chi connectivity index (χ4v) is 2.35. The molecule has 1 aliphatic rings.